The second-order valence-corrected chi connectivity index (χ2v) is 5.37. The standard InChI is InChI=1S/C15H19N5O3/c1-10(23-12-4-3-5-16-8-12)15(21)20-6-7-22-13(9-20)14-17-11(2)18-19-14/h3-5,8,10,13H,6-7,9H2,1-2H3,(H,17,18,19). The molecule has 1 fully saturated rings. The number of nitrogens with zero attached hydrogens (tertiary/aromatic N) is 4. The van der Waals surface area contributed by atoms with E-state index in [0.29, 0.717) is 31.3 Å². The normalized spacial score (nSPS) is 19.4. The molecule has 2 aromatic rings. The number of nitrogens with one attached hydrogen (secondary N) is 1. The number of carbonyl (C=O) groups excluding carboxylic acids is 1. The summed E-state index contributed by atoms with van der Waals surface area (Å²) in [4.78, 5) is 22.5. The smallest absolute Gasteiger partial charge is 0.263 e. The van der Waals surface area contributed by atoms with E-state index in [4.69, 9.17) is 9.47 Å². The maximum absolute atomic E-state index is 12.6. The maximum atomic E-state index is 12.6. The number of aromatic amines is 1. The van der Waals surface area contributed by atoms with Crippen molar-refractivity contribution >= 4 is 5.91 Å². The minimum Gasteiger partial charge on any atom is -0.479 e. The van der Waals surface area contributed by atoms with Crippen molar-refractivity contribution in [3.8, 4) is 5.75 Å². The predicted molar refractivity (Wildman–Crippen MR) is 80.7 cm³/mol. The number of ether oxygens (including phenoxy) is 2. The first kappa shape index (κ1) is 15.4. The van der Waals surface area contributed by atoms with Crippen molar-refractivity contribution in [2.45, 2.75) is 26.1 Å². The van der Waals surface area contributed by atoms with Crippen LogP contribution in [0.1, 0.15) is 24.7 Å². The van der Waals surface area contributed by atoms with Gasteiger partial charge in [-0.15, -0.1) is 0 Å². The lowest BCUT2D eigenvalue weighted by Crippen LogP contribution is -2.47. The summed E-state index contributed by atoms with van der Waals surface area (Å²) in [5, 5.41) is 6.90. The fourth-order valence-electron chi connectivity index (χ4n) is 2.44. The molecule has 8 heteroatoms. The molecule has 0 spiro atoms. The van der Waals surface area contributed by atoms with Crippen LogP contribution in [0.3, 0.4) is 0 Å². The average Bonchev–Trinajstić information content (AvgIpc) is 3.02. The molecule has 1 saturated heterocycles. The third-order valence-corrected chi connectivity index (χ3v) is 3.58. The number of aryl methyl sites for hydroxylation is 1. The van der Waals surface area contributed by atoms with E-state index in [1.807, 2.05) is 6.92 Å². The fraction of sp³-hybridized carbons (Fsp3) is 0.467. The van der Waals surface area contributed by atoms with Crippen LogP contribution in [0.15, 0.2) is 24.5 Å². The highest BCUT2D eigenvalue weighted by molar-refractivity contribution is 5.81. The first-order chi connectivity index (χ1) is 11.1. The van der Waals surface area contributed by atoms with Crippen molar-refractivity contribution in [3.63, 3.8) is 0 Å². The monoisotopic (exact) mass is 317 g/mol. The lowest BCUT2D eigenvalue weighted by atomic mass is 10.2. The third kappa shape index (κ3) is 3.65. The minimum absolute atomic E-state index is 0.0885. The summed E-state index contributed by atoms with van der Waals surface area (Å²) in [5.74, 6) is 1.78. The number of hydrogen-bond acceptors (Lipinski definition) is 6. The van der Waals surface area contributed by atoms with Crippen molar-refractivity contribution in [1.29, 1.82) is 0 Å². The zero-order valence-corrected chi connectivity index (χ0v) is 13.1. The molecule has 1 aliphatic heterocycles. The molecule has 2 aromatic heterocycles. The topological polar surface area (TPSA) is 93.2 Å². The van der Waals surface area contributed by atoms with Crippen LogP contribution in [-0.4, -0.2) is 56.8 Å². The van der Waals surface area contributed by atoms with Gasteiger partial charge in [-0.3, -0.25) is 14.9 Å². The highest BCUT2D eigenvalue weighted by Crippen LogP contribution is 2.20. The Kier molecular flexibility index (Phi) is 4.52. The molecule has 3 rings (SSSR count). The van der Waals surface area contributed by atoms with Crippen molar-refractivity contribution in [2.75, 3.05) is 19.7 Å². The molecule has 122 valence electrons. The van der Waals surface area contributed by atoms with Crippen LogP contribution < -0.4 is 4.74 Å². The van der Waals surface area contributed by atoms with Gasteiger partial charge in [-0.05, 0) is 26.0 Å². The van der Waals surface area contributed by atoms with Crippen LogP contribution in [-0.2, 0) is 9.53 Å². The second-order valence-electron chi connectivity index (χ2n) is 5.37. The molecule has 2 atom stereocenters. The number of carbonyl (C=O) groups is 1. The first-order valence-electron chi connectivity index (χ1n) is 7.49. The van der Waals surface area contributed by atoms with E-state index in [9.17, 15) is 4.79 Å². The largest absolute Gasteiger partial charge is 0.479 e. The summed E-state index contributed by atoms with van der Waals surface area (Å²) in [5.41, 5.74) is 0. The van der Waals surface area contributed by atoms with E-state index in [1.165, 1.54) is 0 Å². The number of rotatable bonds is 4. The molecule has 1 amide bonds. The quantitative estimate of drug-likeness (QED) is 0.899. The molecular formula is C15H19N5O3. The number of aromatic nitrogens is 4. The average molecular weight is 317 g/mol. The molecule has 0 aliphatic carbocycles. The van der Waals surface area contributed by atoms with E-state index in [1.54, 1.807) is 36.4 Å². The SMILES string of the molecule is Cc1nc(C2CN(C(=O)C(C)Oc3cccnc3)CCO2)n[nH]1. The summed E-state index contributed by atoms with van der Waals surface area (Å²) in [7, 11) is 0. The lowest BCUT2D eigenvalue weighted by Gasteiger charge is -2.33. The number of hydrogen-bond donors (Lipinski definition) is 1. The molecule has 0 radical (unpaired) electrons. The van der Waals surface area contributed by atoms with Crippen LogP contribution in [0.4, 0.5) is 0 Å². The third-order valence-electron chi connectivity index (χ3n) is 3.58. The molecule has 0 saturated carbocycles. The van der Waals surface area contributed by atoms with E-state index in [0.717, 1.165) is 5.82 Å². The van der Waals surface area contributed by atoms with Crippen LogP contribution in [0, 0.1) is 6.92 Å². The van der Waals surface area contributed by atoms with Crippen molar-refractivity contribution in [2.24, 2.45) is 0 Å². The zero-order valence-electron chi connectivity index (χ0n) is 13.1. The highest BCUT2D eigenvalue weighted by atomic mass is 16.5. The van der Waals surface area contributed by atoms with Crippen molar-refractivity contribution in [1.82, 2.24) is 25.1 Å². The van der Waals surface area contributed by atoms with Gasteiger partial charge < -0.3 is 14.4 Å². The van der Waals surface area contributed by atoms with Gasteiger partial charge in [0.15, 0.2) is 11.9 Å². The molecule has 0 bridgehead atoms. The van der Waals surface area contributed by atoms with E-state index >= 15 is 0 Å². The Bertz CT molecular complexity index is 660. The van der Waals surface area contributed by atoms with Crippen LogP contribution in [0.5, 0.6) is 5.75 Å². The Morgan fingerprint density at radius 3 is 3.13 bits per heavy atom. The maximum Gasteiger partial charge on any atom is 0.263 e. The zero-order chi connectivity index (χ0) is 16.2. The number of pyridine rings is 1. The Morgan fingerprint density at radius 1 is 1.57 bits per heavy atom. The Labute approximate surface area is 133 Å². The number of morpholine rings is 1. The van der Waals surface area contributed by atoms with Crippen LogP contribution >= 0.6 is 0 Å². The summed E-state index contributed by atoms with van der Waals surface area (Å²) in [6.45, 7) is 4.95. The molecule has 1 N–H and O–H groups in total. The highest BCUT2D eigenvalue weighted by Gasteiger charge is 2.30. The number of amides is 1. The van der Waals surface area contributed by atoms with E-state index in [2.05, 4.69) is 20.2 Å². The molecule has 3 heterocycles. The van der Waals surface area contributed by atoms with Crippen molar-refractivity contribution < 1.29 is 14.3 Å². The Balaban J connectivity index is 1.62. The van der Waals surface area contributed by atoms with Crippen LogP contribution in [0.25, 0.3) is 0 Å². The molecule has 0 aromatic carbocycles. The molecule has 8 nitrogen and oxygen atoms in total. The lowest BCUT2D eigenvalue weighted by molar-refractivity contribution is -0.146. The molecule has 23 heavy (non-hydrogen) atoms. The van der Waals surface area contributed by atoms with Crippen molar-refractivity contribution in [3.05, 3.63) is 36.2 Å². The van der Waals surface area contributed by atoms with E-state index in [-0.39, 0.29) is 12.0 Å². The minimum atomic E-state index is -0.591. The molecule has 2 unspecified atom stereocenters. The van der Waals surface area contributed by atoms with Crippen LogP contribution in [0.2, 0.25) is 0 Å². The van der Waals surface area contributed by atoms with Gasteiger partial charge in [-0.2, -0.15) is 5.10 Å². The summed E-state index contributed by atoms with van der Waals surface area (Å²) in [6, 6.07) is 3.54. The van der Waals surface area contributed by atoms with E-state index < -0.39 is 6.10 Å². The van der Waals surface area contributed by atoms with Gasteiger partial charge >= 0.3 is 0 Å². The van der Waals surface area contributed by atoms with Gasteiger partial charge in [0.25, 0.3) is 5.91 Å². The summed E-state index contributed by atoms with van der Waals surface area (Å²) >= 11 is 0. The predicted octanol–water partition coefficient (Wildman–Crippen LogP) is 0.876. The second kappa shape index (κ2) is 6.74. The summed E-state index contributed by atoms with van der Waals surface area (Å²) in [6.07, 6.45) is 2.34. The van der Waals surface area contributed by atoms with Gasteiger partial charge in [0, 0.05) is 12.7 Å². The number of H-pyrrole nitrogens is 1. The van der Waals surface area contributed by atoms with Gasteiger partial charge in [-0.25, -0.2) is 4.98 Å². The Morgan fingerprint density at radius 2 is 2.43 bits per heavy atom. The van der Waals surface area contributed by atoms with Gasteiger partial charge in [0.1, 0.15) is 17.7 Å². The first-order valence-corrected chi connectivity index (χ1v) is 7.49. The van der Waals surface area contributed by atoms with Gasteiger partial charge in [0.2, 0.25) is 0 Å². The Hall–Kier alpha value is -2.48. The summed E-state index contributed by atoms with van der Waals surface area (Å²) < 4.78 is 11.3. The fourth-order valence-corrected chi connectivity index (χ4v) is 2.44. The molecule has 1 aliphatic rings. The molecular weight excluding hydrogens is 298 g/mol. The van der Waals surface area contributed by atoms with Gasteiger partial charge in [-0.1, -0.05) is 0 Å². The van der Waals surface area contributed by atoms with Gasteiger partial charge in [0.05, 0.1) is 19.3 Å².